The molecule has 0 radical (unpaired) electrons. The molecule has 0 atom stereocenters. The molecular weight excluding hydrogens is 753 g/mol. The van der Waals surface area contributed by atoms with Gasteiger partial charge in [-0.25, -0.2) is 28.3 Å². The Morgan fingerprint density at radius 2 is 1.07 bits per heavy atom. The van der Waals surface area contributed by atoms with E-state index in [9.17, 15) is 18.4 Å². The minimum Gasteiger partial charge on any atom is -0.870 e. The number of fused-ring (bicyclic) bond motifs is 2. The molecule has 0 aliphatic carbocycles. The van der Waals surface area contributed by atoms with Gasteiger partial charge in [0.25, 0.3) is 0 Å². The van der Waals surface area contributed by atoms with Gasteiger partial charge in [-0.05, 0) is 130 Å². The number of ether oxygens (including phenoxy) is 1. The summed E-state index contributed by atoms with van der Waals surface area (Å²) in [5.41, 5.74) is 8.94. The van der Waals surface area contributed by atoms with Crippen molar-refractivity contribution in [3.05, 3.63) is 180 Å². The molecule has 0 bridgehead atoms. The van der Waals surface area contributed by atoms with Crippen LogP contribution in [0.1, 0.15) is 50.4 Å². The van der Waals surface area contributed by atoms with E-state index in [1.54, 1.807) is 80.4 Å². The molecule has 0 saturated heterocycles. The van der Waals surface area contributed by atoms with E-state index in [1.165, 1.54) is 22.7 Å². The SMILES string of the molecule is CCOC(=O)c1ncc2ccccn12.Cc1cc(-c2ncccc2C)ccc1F.Cc1cc(-c2ncccc2C)ccc1F.O.O=C(O)c1ncc2ccccn12.[Li+].[OH-]. The number of imidazole rings is 2. The van der Waals surface area contributed by atoms with Gasteiger partial charge < -0.3 is 20.8 Å². The van der Waals surface area contributed by atoms with E-state index in [0.717, 1.165) is 44.7 Å². The second kappa shape index (κ2) is 23.0. The summed E-state index contributed by atoms with van der Waals surface area (Å²) in [7, 11) is 0. The first-order chi connectivity index (χ1) is 27.0. The van der Waals surface area contributed by atoms with Gasteiger partial charge in [-0.3, -0.25) is 18.8 Å². The summed E-state index contributed by atoms with van der Waals surface area (Å²) in [5, 5.41) is 8.69. The molecule has 0 fully saturated rings. The number of rotatable bonds is 5. The van der Waals surface area contributed by atoms with Crippen molar-refractivity contribution in [1.29, 1.82) is 0 Å². The molecule has 2 aromatic carbocycles. The van der Waals surface area contributed by atoms with Crippen LogP contribution in [-0.4, -0.2) is 63.3 Å². The van der Waals surface area contributed by atoms with E-state index >= 15 is 0 Å². The zero-order chi connectivity index (χ0) is 40.2. The van der Waals surface area contributed by atoms with Gasteiger partial charge in [0.2, 0.25) is 11.6 Å². The first kappa shape index (κ1) is 48.6. The Morgan fingerprint density at radius 3 is 1.47 bits per heavy atom. The maximum Gasteiger partial charge on any atom is 1.00 e. The summed E-state index contributed by atoms with van der Waals surface area (Å²) >= 11 is 0. The summed E-state index contributed by atoms with van der Waals surface area (Å²) in [6.45, 7) is 9.66. The second-order valence-corrected chi connectivity index (χ2v) is 12.4. The molecular formula is C44H43F2LiN6O6. The van der Waals surface area contributed by atoms with Crippen LogP contribution in [0.2, 0.25) is 0 Å². The summed E-state index contributed by atoms with van der Waals surface area (Å²) in [6.07, 6.45) is 10.1. The molecule has 0 unspecified atom stereocenters. The standard InChI is InChI=1S/2C13H12FN.C10H10N2O2.C8H6N2O2.Li.2H2O/c2*1-9-4-3-7-15-13(9)11-5-6-12(14)10(2)8-11;1-2-14-10(13)9-11-7-8-5-3-4-6-12(8)9;11-8(12)7-9-5-6-3-1-2-4-10(6)7;;;/h2*3-8H,1-2H3;3-7H,2H2,1H3;1-5H,(H,11,12);;2*1H2/q;;;;+1;;/p-1. The number of carbonyl (C=O) groups is 2. The number of aromatic carboxylic acids is 1. The van der Waals surface area contributed by atoms with E-state index in [2.05, 4.69) is 19.9 Å². The van der Waals surface area contributed by atoms with Crippen molar-refractivity contribution in [2.24, 2.45) is 0 Å². The van der Waals surface area contributed by atoms with Crippen molar-refractivity contribution >= 4 is 23.0 Å². The van der Waals surface area contributed by atoms with Gasteiger partial charge in [0.1, 0.15) is 11.6 Å². The largest absolute Gasteiger partial charge is 1.00 e. The van der Waals surface area contributed by atoms with E-state index in [-0.39, 0.29) is 47.3 Å². The van der Waals surface area contributed by atoms with Gasteiger partial charge in [0.05, 0.1) is 41.4 Å². The summed E-state index contributed by atoms with van der Waals surface area (Å²) in [6, 6.07) is 29.0. The molecule has 15 heteroatoms. The number of benzene rings is 2. The molecule has 300 valence electrons. The number of pyridine rings is 4. The fourth-order valence-electron chi connectivity index (χ4n) is 5.55. The molecule has 6 heterocycles. The molecule has 8 aromatic rings. The molecule has 4 N–H and O–H groups in total. The predicted molar refractivity (Wildman–Crippen MR) is 217 cm³/mol. The fraction of sp³-hybridized carbons (Fsp3) is 0.136. The number of carbonyl (C=O) groups excluding carboxylic acids is 1. The van der Waals surface area contributed by atoms with Gasteiger partial charge in [0.15, 0.2) is 0 Å². The number of carboxylic acids is 1. The smallest absolute Gasteiger partial charge is 0.870 e. The Balaban J connectivity index is 0.000000267. The predicted octanol–water partition coefficient (Wildman–Crippen LogP) is 5.56. The quantitative estimate of drug-likeness (QED) is 0.172. The Kier molecular flexibility index (Phi) is 18.9. The molecule has 59 heavy (non-hydrogen) atoms. The summed E-state index contributed by atoms with van der Waals surface area (Å²) in [4.78, 5) is 38.4. The topological polar surface area (TPSA) is 185 Å². The molecule has 0 aliphatic heterocycles. The first-order valence-corrected chi connectivity index (χ1v) is 17.6. The van der Waals surface area contributed by atoms with Crippen LogP contribution in [0.5, 0.6) is 0 Å². The molecule has 0 spiro atoms. The van der Waals surface area contributed by atoms with Crippen molar-refractivity contribution in [2.75, 3.05) is 6.61 Å². The van der Waals surface area contributed by atoms with Crippen LogP contribution >= 0.6 is 0 Å². The van der Waals surface area contributed by atoms with Crippen LogP contribution in [0.3, 0.4) is 0 Å². The van der Waals surface area contributed by atoms with Crippen molar-refractivity contribution in [3.63, 3.8) is 0 Å². The number of hydrogen-bond acceptors (Lipinski definition) is 8. The molecule has 8 rings (SSSR count). The average Bonchev–Trinajstić information content (AvgIpc) is 3.84. The van der Waals surface area contributed by atoms with Gasteiger partial charge in [-0.1, -0.05) is 24.3 Å². The number of aryl methyl sites for hydroxylation is 4. The average molecular weight is 797 g/mol. The maximum absolute atomic E-state index is 13.1. The number of carboxylic acid groups (broad SMARTS) is 1. The van der Waals surface area contributed by atoms with E-state index < -0.39 is 11.9 Å². The summed E-state index contributed by atoms with van der Waals surface area (Å²) < 4.78 is 34.3. The number of hydrogen-bond donors (Lipinski definition) is 1. The van der Waals surface area contributed by atoms with Crippen molar-refractivity contribution < 1.29 is 58.0 Å². The number of nitrogens with zero attached hydrogens (tertiary/aromatic N) is 6. The van der Waals surface area contributed by atoms with Crippen molar-refractivity contribution in [1.82, 2.24) is 28.7 Å². The van der Waals surface area contributed by atoms with Crippen LogP contribution in [0, 0.1) is 39.3 Å². The van der Waals surface area contributed by atoms with Crippen molar-refractivity contribution in [2.45, 2.75) is 34.6 Å². The Hall–Kier alpha value is -6.56. The summed E-state index contributed by atoms with van der Waals surface area (Å²) in [5.74, 6) is -1.38. The third-order valence-electron chi connectivity index (χ3n) is 8.41. The van der Waals surface area contributed by atoms with Crippen LogP contribution in [-0.2, 0) is 4.74 Å². The monoisotopic (exact) mass is 796 g/mol. The maximum atomic E-state index is 13.1. The minimum atomic E-state index is -1.01. The Labute approximate surface area is 352 Å². The van der Waals surface area contributed by atoms with Crippen LogP contribution in [0.25, 0.3) is 33.5 Å². The van der Waals surface area contributed by atoms with Crippen LogP contribution in [0.15, 0.2) is 134 Å². The number of esters is 1. The second-order valence-electron chi connectivity index (χ2n) is 12.4. The Bertz CT molecular complexity index is 2520. The van der Waals surface area contributed by atoms with Crippen molar-refractivity contribution in [3.8, 4) is 22.5 Å². The van der Waals surface area contributed by atoms with E-state index in [0.29, 0.717) is 23.6 Å². The molecule has 0 aliphatic rings. The Morgan fingerprint density at radius 1 is 0.627 bits per heavy atom. The number of halogens is 2. The molecule has 12 nitrogen and oxygen atoms in total. The first-order valence-electron chi connectivity index (χ1n) is 17.6. The third-order valence-corrected chi connectivity index (χ3v) is 8.41. The minimum absolute atomic E-state index is 0. The zero-order valence-corrected chi connectivity index (χ0v) is 33.5. The molecule has 0 saturated carbocycles. The normalized spacial score (nSPS) is 9.81. The van der Waals surface area contributed by atoms with Gasteiger partial charge in [0, 0.05) is 35.9 Å². The van der Waals surface area contributed by atoms with Crippen LogP contribution in [0.4, 0.5) is 8.78 Å². The van der Waals surface area contributed by atoms with E-state index in [4.69, 9.17) is 9.84 Å². The van der Waals surface area contributed by atoms with Gasteiger partial charge >= 0.3 is 30.8 Å². The van der Waals surface area contributed by atoms with Gasteiger partial charge in [-0.2, -0.15) is 0 Å². The molecule has 6 aromatic heterocycles. The third kappa shape index (κ3) is 12.5. The van der Waals surface area contributed by atoms with Gasteiger partial charge in [-0.15, -0.1) is 0 Å². The fourth-order valence-corrected chi connectivity index (χ4v) is 5.55. The van der Waals surface area contributed by atoms with Crippen LogP contribution < -0.4 is 18.9 Å². The zero-order valence-electron chi connectivity index (χ0n) is 33.5. The van der Waals surface area contributed by atoms with E-state index in [1.807, 2.05) is 74.5 Å². The molecule has 0 amide bonds. The number of aromatic nitrogens is 6.